The van der Waals surface area contributed by atoms with Crippen molar-refractivity contribution in [3.05, 3.63) is 5.01 Å². The Kier molecular flexibility index (Phi) is 3.70. The van der Waals surface area contributed by atoms with Crippen LogP contribution in [0.1, 0.15) is 24.8 Å². The number of hydrogen-bond donors (Lipinski definition) is 2. The second-order valence-corrected chi connectivity index (χ2v) is 6.89. The van der Waals surface area contributed by atoms with Gasteiger partial charge in [-0.05, 0) is 26.7 Å². The van der Waals surface area contributed by atoms with Gasteiger partial charge in [-0.1, -0.05) is 23.1 Å². The predicted molar refractivity (Wildman–Crippen MR) is 69.1 cm³/mol. The van der Waals surface area contributed by atoms with Gasteiger partial charge >= 0.3 is 0 Å². The molecule has 1 aromatic rings. The van der Waals surface area contributed by atoms with Crippen molar-refractivity contribution in [3.63, 3.8) is 0 Å². The van der Waals surface area contributed by atoms with Gasteiger partial charge in [-0.15, -0.1) is 10.2 Å². The average molecular weight is 272 g/mol. The summed E-state index contributed by atoms with van der Waals surface area (Å²) in [5.41, 5.74) is 4.81. The number of aromatic nitrogens is 2. The first-order valence-corrected chi connectivity index (χ1v) is 7.30. The molecule has 0 aliphatic heterocycles. The van der Waals surface area contributed by atoms with Crippen LogP contribution in [0.3, 0.4) is 0 Å². The molecule has 2 rings (SSSR count). The number of nitrogens with one attached hydrogen (secondary N) is 1. The van der Waals surface area contributed by atoms with Crippen LogP contribution in [0.5, 0.6) is 0 Å². The van der Waals surface area contributed by atoms with Crippen molar-refractivity contribution < 1.29 is 4.79 Å². The van der Waals surface area contributed by atoms with Crippen LogP contribution in [0.2, 0.25) is 0 Å². The lowest BCUT2D eigenvalue weighted by molar-refractivity contribution is -0.123. The summed E-state index contributed by atoms with van der Waals surface area (Å²) in [6, 6.07) is 0.448. The van der Waals surface area contributed by atoms with Crippen molar-refractivity contribution in [3.8, 4) is 0 Å². The molecular formula is C10H16N4OS2. The van der Waals surface area contributed by atoms with Crippen molar-refractivity contribution in [2.24, 2.45) is 5.73 Å². The molecule has 3 N–H and O–H groups in total. The van der Waals surface area contributed by atoms with E-state index in [4.69, 9.17) is 5.73 Å². The Morgan fingerprint density at radius 1 is 1.65 bits per heavy atom. The van der Waals surface area contributed by atoms with Gasteiger partial charge in [-0.3, -0.25) is 4.79 Å². The summed E-state index contributed by atoms with van der Waals surface area (Å²) in [4.78, 5) is 11.5. The number of amides is 1. The first-order chi connectivity index (χ1) is 7.99. The van der Waals surface area contributed by atoms with Crippen molar-refractivity contribution in [2.45, 2.75) is 42.6 Å². The van der Waals surface area contributed by atoms with E-state index in [9.17, 15) is 4.79 Å². The largest absolute Gasteiger partial charge is 0.368 e. The third kappa shape index (κ3) is 3.40. The van der Waals surface area contributed by atoms with Crippen LogP contribution < -0.4 is 11.1 Å². The molecule has 1 aliphatic rings. The van der Waals surface area contributed by atoms with E-state index in [1.165, 1.54) is 23.1 Å². The predicted octanol–water partition coefficient (Wildman–Crippen LogP) is 0.935. The number of aryl methyl sites for hydroxylation is 1. The summed E-state index contributed by atoms with van der Waals surface area (Å²) in [5, 5.41) is 12.2. The Morgan fingerprint density at radius 3 is 2.82 bits per heavy atom. The van der Waals surface area contributed by atoms with Crippen molar-refractivity contribution in [2.75, 3.05) is 5.75 Å². The number of carbonyl (C=O) groups is 1. The zero-order chi connectivity index (χ0) is 12.5. The van der Waals surface area contributed by atoms with E-state index >= 15 is 0 Å². The fourth-order valence-electron chi connectivity index (χ4n) is 1.40. The van der Waals surface area contributed by atoms with Gasteiger partial charge in [0.15, 0.2) is 4.34 Å². The van der Waals surface area contributed by atoms with E-state index in [1.54, 1.807) is 0 Å². The topological polar surface area (TPSA) is 80.9 Å². The highest BCUT2D eigenvalue weighted by atomic mass is 32.2. The summed E-state index contributed by atoms with van der Waals surface area (Å²) >= 11 is 3.06. The van der Waals surface area contributed by atoms with Crippen LogP contribution >= 0.6 is 23.1 Å². The maximum atomic E-state index is 11.5. The number of hydrogen-bond acceptors (Lipinski definition) is 6. The lowest BCUT2D eigenvalue weighted by atomic mass is 10.1. The molecular weight excluding hydrogens is 256 g/mol. The lowest BCUT2D eigenvalue weighted by Crippen LogP contribution is -2.55. The molecule has 1 aliphatic carbocycles. The number of rotatable bonds is 6. The second kappa shape index (κ2) is 4.91. The maximum Gasteiger partial charge on any atom is 0.238 e. The molecule has 0 radical (unpaired) electrons. The summed E-state index contributed by atoms with van der Waals surface area (Å²) in [5.74, 6) is 0.283. The minimum atomic E-state index is -0.661. The fraction of sp³-hybridized carbons (Fsp3) is 0.700. The number of thioether (sulfide) groups is 1. The Labute approximate surface area is 109 Å². The molecule has 1 aromatic heterocycles. The molecule has 1 fully saturated rings. The minimum absolute atomic E-state index is 0.307. The van der Waals surface area contributed by atoms with Crippen LogP contribution in [0, 0.1) is 6.92 Å². The summed E-state index contributed by atoms with van der Waals surface area (Å²) in [6.45, 7) is 3.77. The van der Waals surface area contributed by atoms with Gasteiger partial charge in [0.1, 0.15) is 10.5 Å². The number of carbonyl (C=O) groups excluding carboxylic acids is 1. The van der Waals surface area contributed by atoms with Crippen molar-refractivity contribution in [1.29, 1.82) is 0 Å². The Morgan fingerprint density at radius 2 is 2.35 bits per heavy atom. The van der Waals surface area contributed by atoms with E-state index in [-0.39, 0.29) is 5.91 Å². The first-order valence-electron chi connectivity index (χ1n) is 5.50. The SMILES string of the molecule is Cc1nnc(SCC(C)(NC2CC2)C(N)=O)s1. The third-order valence-electron chi connectivity index (χ3n) is 2.64. The van der Waals surface area contributed by atoms with Crippen LogP contribution in [-0.4, -0.2) is 33.4 Å². The molecule has 0 aromatic carbocycles. The normalized spacial score (nSPS) is 18.9. The zero-order valence-electron chi connectivity index (χ0n) is 9.90. The van der Waals surface area contributed by atoms with Gasteiger partial charge in [0, 0.05) is 11.8 Å². The van der Waals surface area contributed by atoms with Gasteiger partial charge in [0.25, 0.3) is 0 Å². The number of primary amides is 1. The minimum Gasteiger partial charge on any atom is -0.368 e. The third-order valence-corrected chi connectivity index (χ3v) is 4.92. The van der Waals surface area contributed by atoms with Gasteiger partial charge < -0.3 is 11.1 Å². The smallest absolute Gasteiger partial charge is 0.238 e. The highest BCUT2D eigenvalue weighted by Crippen LogP contribution is 2.28. The lowest BCUT2D eigenvalue weighted by Gasteiger charge is -2.26. The van der Waals surface area contributed by atoms with Gasteiger partial charge in [-0.2, -0.15) is 0 Å². The Balaban J connectivity index is 1.95. The Bertz CT molecular complexity index is 418. The van der Waals surface area contributed by atoms with E-state index in [1.807, 2.05) is 13.8 Å². The van der Waals surface area contributed by atoms with Crippen LogP contribution in [-0.2, 0) is 4.79 Å². The quantitative estimate of drug-likeness (QED) is 0.753. The van der Waals surface area contributed by atoms with Crippen LogP contribution in [0.25, 0.3) is 0 Å². The van der Waals surface area contributed by atoms with Gasteiger partial charge in [-0.25, -0.2) is 0 Å². The summed E-state index contributed by atoms with van der Waals surface area (Å²) in [6.07, 6.45) is 2.26. The molecule has 17 heavy (non-hydrogen) atoms. The van der Waals surface area contributed by atoms with E-state index in [0.717, 1.165) is 22.2 Å². The summed E-state index contributed by atoms with van der Waals surface area (Å²) in [7, 11) is 0. The van der Waals surface area contributed by atoms with Crippen LogP contribution in [0.4, 0.5) is 0 Å². The molecule has 1 atom stereocenters. The molecule has 5 nitrogen and oxygen atoms in total. The monoisotopic (exact) mass is 272 g/mol. The highest BCUT2D eigenvalue weighted by Gasteiger charge is 2.37. The molecule has 7 heteroatoms. The van der Waals surface area contributed by atoms with Gasteiger partial charge in [0.2, 0.25) is 5.91 Å². The molecule has 0 saturated heterocycles. The maximum absolute atomic E-state index is 11.5. The van der Waals surface area contributed by atoms with Crippen LogP contribution in [0.15, 0.2) is 4.34 Å². The average Bonchev–Trinajstić information content (AvgIpc) is 2.96. The van der Waals surface area contributed by atoms with Crippen molar-refractivity contribution in [1.82, 2.24) is 15.5 Å². The molecule has 94 valence electrons. The standard InChI is InChI=1S/C10H16N4OS2/c1-6-13-14-9(17-6)16-5-10(2,8(11)15)12-7-3-4-7/h7,12H,3-5H2,1-2H3,(H2,11,15). The zero-order valence-corrected chi connectivity index (χ0v) is 11.5. The van der Waals surface area contributed by atoms with Crippen molar-refractivity contribution >= 4 is 29.0 Å². The molecule has 1 saturated carbocycles. The fourth-order valence-corrected chi connectivity index (χ4v) is 3.33. The molecule has 0 spiro atoms. The summed E-state index contributed by atoms with van der Waals surface area (Å²) < 4.78 is 0.882. The van der Waals surface area contributed by atoms with E-state index in [0.29, 0.717) is 11.8 Å². The second-order valence-electron chi connectivity index (χ2n) is 4.49. The molecule has 0 bridgehead atoms. The number of nitrogens with two attached hydrogens (primary N) is 1. The molecule has 1 unspecified atom stereocenters. The van der Waals surface area contributed by atoms with Gasteiger partial charge in [0.05, 0.1) is 0 Å². The van der Waals surface area contributed by atoms with E-state index < -0.39 is 5.54 Å². The van der Waals surface area contributed by atoms with E-state index in [2.05, 4.69) is 15.5 Å². The Hall–Kier alpha value is -0.660. The molecule has 1 amide bonds. The highest BCUT2D eigenvalue weighted by molar-refractivity contribution is 8.01. The number of nitrogens with zero attached hydrogens (tertiary/aromatic N) is 2. The molecule has 1 heterocycles. The first kappa shape index (κ1) is 12.8.